The Kier molecular flexibility index (Phi) is 5.57. The van der Waals surface area contributed by atoms with Gasteiger partial charge in [0.2, 0.25) is 0 Å². The van der Waals surface area contributed by atoms with Crippen molar-refractivity contribution in [1.82, 2.24) is 10.3 Å². The molecule has 1 N–H and O–H groups in total. The summed E-state index contributed by atoms with van der Waals surface area (Å²) in [5, 5.41) is 4.11. The number of nitrogens with one attached hydrogen (secondary N) is 1. The van der Waals surface area contributed by atoms with Crippen LogP contribution in [0.2, 0.25) is 5.02 Å². The van der Waals surface area contributed by atoms with Crippen LogP contribution in [0.5, 0.6) is 0 Å². The third kappa shape index (κ3) is 4.07. The zero-order valence-electron chi connectivity index (χ0n) is 8.59. The van der Waals surface area contributed by atoms with E-state index in [0.29, 0.717) is 0 Å². The average molecular weight is 213 g/mol. The van der Waals surface area contributed by atoms with E-state index in [1.807, 2.05) is 6.07 Å². The fourth-order valence-corrected chi connectivity index (χ4v) is 1.46. The second-order valence-electron chi connectivity index (χ2n) is 3.35. The number of hydrogen-bond acceptors (Lipinski definition) is 2. The standard InChI is InChI=1S/C11H17ClN2/c1-2-3-4-6-13-8-10-5-7-14-9-11(10)12/h5,7,9,13H,2-4,6,8H2,1H3. The molecular formula is C11H17ClN2. The van der Waals surface area contributed by atoms with E-state index < -0.39 is 0 Å². The summed E-state index contributed by atoms with van der Waals surface area (Å²) in [5.74, 6) is 0. The lowest BCUT2D eigenvalue weighted by atomic mass is 10.2. The van der Waals surface area contributed by atoms with Crippen LogP contribution < -0.4 is 5.32 Å². The summed E-state index contributed by atoms with van der Waals surface area (Å²) in [6.45, 7) is 4.11. The Labute approximate surface area is 90.7 Å². The molecule has 1 rings (SSSR count). The van der Waals surface area contributed by atoms with Crippen LogP contribution in [0.25, 0.3) is 0 Å². The lowest BCUT2D eigenvalue weighted by Gasteiger charge is -2.05. The van der Waals surface area contributed by atoms with E-state index in [9.17, 15) is 0 Å². The van der Waals surface area contributed by atoms with Crippen molar-refractivity contribution >= 4 is 11.6 Å². The van der Waals surface area contributed by atoms with Gasteiger partial charge < -0.3 is 5.32 Å². The molecule has 78 valence electrons. The Morgan fingerprint density at radius 3 is 3.00 bits per heavy atom. The molecule has 0 spiro atoms. The summed E-state index contributed by atoms with van der Waals surface area (Å²) in [6, 6.07) is 1.95. The van der Waals surface area contributed by atoms with Gasteiger partial charge in [0.1, 0.15) is 0 Å². The Morgan fingerprint density at radius 2 is 2.29 bits per heavy atom. The molecule has 14 heavy (non-hydrogen) atoms. The van der Waals surface area contributed by atoms with Crippen LogP contribution in [0.3, 0.4) is 0 Å². The monoisotopic (exact) mass is 212 g/mol. The second-order valence-corrected chi connectivity index (χ2v) is 3.76. The highest BCUT2D eigenvalue weighted by Gasteiger charge is 1.97. The largest absolute Gasteiger partial charge is 0.313 e. The number of hydrogen-bond donors (Lipinski definition) is 1. The van der Waals surface area contributed by atoms with Crippen LogP contribution in [-0.4, -0.2) is 11.5 Å². The normalized spacial score (nSPS) is 10.4. The summed E-state index contributed by atoms with van der Waals surface area (Å²) >= 11 is 5.96. The first kappa shape index (κ1) is 11.5. The van der Waals surface area contributed by atoms with Crippen LogP contribution in [0.4, 0.5) is 0 Å². The van der Waals surface area contributed by atoms with Gasteiger partial charge in [-0.15, -0.1) is 0 Å². The molecule has 0 atom stereocenters. The third-order valence-corrected chi connectivity index (χ3v) is 2.47. The van der Waals surface area contributed by atoms with Gasteiger partial charge in [-0.1, -0.05) is 31.4 Å². The average Bonchev–Trinajstić information content (AvgIpc) is 2.20. The first-order chi connectivity index (χ1) is 6.84. The van der Waals surface area contributed by atoms with Gasteiger partial charge in [-0.25, -0.2) is 0 Å². The van der Waals surface area contributed by atoms with E-state index in [1.54, 1.807) is 12.4 Å². The molecule has 0 aliphatic heterocycles. The lowest BCUT2D eigenvalue weighted by molar-refractivity contribution is 0.616. The summed E-state index contributed by atoms with van der Waals surface area (Å²) in [4.78, 5) is 3.94. The van der Waals surface area contributed by atoms with Gasteiger partial charge in [0, 0.05) is 18.9 Å². The van der Waals surface area contributed by atoms with Crippen LogP contribution in [0, 0.1) is 0 Å². The Hall–Kier alpha value is -0.600. The van der Waals surface area contributed by atoms with Crippen molar-refractivity contribution < 1.29 is 0 Å². The lowest BCUT2D eigenvalue weighted by Crippen LogP contribution is -2.14. The molecule has 1 aromatic heterocycles. The van der Waals surface area contributed by atoms with Crippen molar-refractivity contribution in [3.63, 3.8) is 0 Å². The molecule has 1 heterocycles. The topological polar surface area (TPSA) is 24.9 Å². The van der Waals surface area contributed by atoms with E-state index in [4.69, 9.17) is 11.6 Å². The first-order valence-corrected chi connectivity index (χ1v) is 5.51. The van der Waals surface area contributed by atoms with Gasteiger partial charge in [0.25, 0.3) is 0 Å². The van der Waals surface area contributed by atoms with Gasteiger partial charge in [-0.3, -0.25) is 4.98 Å². The molecule has 2 nitrogen and oxygen atoms in total. The molecule has 0 fully saturated rings. The zero-order chi connectivity index (χ0) is 10.2. The van der Waals surface area contributed by atoms with Gasteiger partial charge >= 0.3 is 0 Å². The molecule has 3 heteroatoms. The smallest absolute Gasteiger partial charge is 0.0634 e. The Morgan fingerprint density at radius 1 is 1.43 bits per heavy atom. The molecule has 0 aromatic carbocycles. The highest BCUT2D eigenvalue weighted by atomic mass is 35.5. The maximum atomic E-state index is 5.96. The first-order valence-electron chi connectivity index (χ1n) is 5.13. The van der Waals surface area contributed by atoms with Crippen molar-refractivity contribution in [1.29, 1.82) is 0 Å². The van der Waals surface area contributed by atoms with Crippen molar-refractivity contribution in [2.24, 2.45) is 0 Å². The molecule has 0 unspecified atom stereocenters. The fraction of sp³-hybridized carbons (Fsp3) is 0.545. The highest BCUT2D eigenvalue weighted by molar-refractivity contribution is 6.31. The predicted octanol–water partition coefficient (Wildman–Crippen LogP) is 3.01. The summed E-state index contributed by atoms with van der Waals surface area (Å²) < 4.78 is 0. The molecular weight excluding hydrogens is 196 g/mol. The molecule has 0 amide bonds. The van der Waals surface area contributed by atoms with Crippen molar-refractivity contribution in [3.05, 3.63) is 29.0 Å². The van der Waals surface area contributed by atoms with E-state index in [2.05, 4.69) is 17.2 Å². The summed E-state index contributed by atoms with van der Waals surface area (Å²) in [7, 11) is 0. The van der Waals surface area contributed by atoms with Crippen molar-refractivity contribution in [3.8, 4) is 0 Å². The van der Waals surface area contributed by atoms with E-state index >= 15 is 0 Å². The minimum Gasteiger partial charge on any atom is -0.313 e. The van der Waals surface area contributed by atoms with Gasteiger partial charge in [0.15, 0.2) is 0 Å². The van der Waals surface area contributed by atoms with Crippen LogP contribution in [0.1, 0.15) is 31.7 Å². The van der Waals surface area contributed by atoms with E-state index in [0.717, 1.165) is 23.7 Å². The molecule has 0 radical (unpaired) electrons. The molecule has 0 bridgehead atoms. The zero-order valence-corrected chi connectivity index (χ0v) is 9.35. The third-order valence-electron chi connectivity index (χ3n) is 2.13. The molecule has 0 saturated carbocycles. The van der Waals surface area contributed by atoms with Gasteiger partial charge in [-0.2, -0.15) is 0 Å². The fourth-order valence-electron chi connectivity index (χ4n) is 1.27. The minimum absolute atomic E-state index is 0.746. The number of rotatable bonds is 6. The van der Waals surface area contributed by atoms with Gasteiger partial charge in [0.05, 0.1) is 5.02 Å². The van der Waals surface area contributed by atoms with Crippen LogP contribution >= 0.6 is 11.6 Å². The maximum absolute atomic E-state index is 5.96. The summed E-state index contributed by atoms with van der Waals surface area (Å²) in [5.41, 5.74) is 1.12. The molecule has 0 aliphatic carbocycles. The SMILES string of the molecule is CCCCCNCc1ccncc1Cl. The second kappa shape index (κ2) is 6.80. The number of aromatic nitrogens is 1. The summed E-state index contributed by atoms with van der Waals surface area (Å²) in [6.07, 6.45) is 7.24. The van der Waals surface area contributed by atoms with Crippen LogP contribution in [-0.2, 0) is 6.54 Å². The van der Waals surface area contributed by atoms with E-state index in [-0.39, 0.29) is 0 Å². The van der Waals surface area contributed by atoms with Crippen molar-refractivity contribution in [2.45, 2.75) is 32.7 Å². The quantitative estimate of drug-likeness (QED) is 0.734. The number of nitrogens with zero attached hydrogens (tertiary/aromatic N) is 1. The number of halogens is 1. The Bertz CT molecular complexity index is 263. The molecule has 0 aliphatic rings. The Balaban J connectivity index is 2.21. The molecule has 0 saturated heterocycles. The van der Waals surface area contributed by atoms with Crippen LogP contribution in [0.15, 0.2) is 18.5 Å². The highest BCUT2D eigenvalue weighted by Crippen LogP contribution is 2.12. The predicted molar refractivity (Wildman–Crippen MR) is 60.5 cm³/mol. The van der Waals surface area contributed by atoms with Crippen molar-refractivity contribution in [2.75, 3.05) is 6.54 Å². The number of unbranched alkanes of at least 4 members (excludes halogenated alkanes) is 2. The maximum Gasteiger partial charge on any atom is 0.0634 e. The van der Waals surface area contributed by atoms with Gasteiger partial charge in [-0.05, 0) is 24.6 Å². The number of pyridine rings is 1. The minimum atomic E-state index is 0.746. The van der Waals surface area contributed by atoms with E-state index in [1.165, 1.54) is 19.3 Å². The molecule has 1 aromatic rings.